The van der Waals surface area contributed by atoms with E-state index in [0.29, 0.717) is 28.8 Å². The van der Waals surface area contributed by atoms with Crippen molar-refractivity contribution in [1.29, 1.82) is 0 Å². The van der Waals surface area contributed by atoms with Crippen LogP contribution in [-0.2, 0) is 12.0 Å². The summed E-state index contributed by atoms with van der Waals surface area (Å²) in [6.45, 7) is 2.34. The molecule has 8 heteroatoms. The van der Waals surface area contributed by atoms with E-state index in [1.807, 2.05) is 6.07 Å². The van der Waals surface area contributed by atoms with Crippen molar-refractivity contribution in [2.45, 2.75) is 24.8 Å². The minimum absolute atomic E-state index is 0.320. The second kappa shape index (κ2) is 8.91. The number of amides is 1. The Bertz CT molecular complexity index is 1250. The quantitative estimate of drug-likeness (QED) is 0.400. The molecule has 0 aromatic heterocycles. The molecule has 2 aliphatic heterocycles. The maximum absolute atomic E-state index is 14.4. The zero-order chi connectivity index (χ0) is 24.0. The van der Waals surface area contributed by atoms with Crippen LogP contribution in [-0.4, -0.2) is 30.4 Å². The Morgan fingerprint density at radius 3 is 2.32 bits per heavy atom. The van der Waals surface area contributed by atoms with Gasteiger partial charge in [0.1, 0.15) is 23.0 Å². The molecule has 2 aliphatic rings. The van der Waals surface area contributed by atoms with Crippen LogP contribution in [0.4, 0.5) is 18.9 Å². The van der Waals surface area contributed by atoms with Gasteiger partial charge in [-0.1, -0.05) is 35.3 Å². The van der Waals surface area contributed by atoms with Crippen LogP contribution in [0.25, 0.3) is 0 Å². The molecule has 34 heavy (non-hydrogen) atoms. The summed E-state index contributed by atoms with van der Waals surface area (Å²) in [7, 11) is 0. The standard InChI is InChI=1S/C26H21Cl2F3N2O/c27-17-5-7-23-19(12-17)26(15-33(23)25(34)24-21(30)2-1-3-22(24)31)8-10-32(11-9-26)14-16-4-6-18(29)13-20(16)28/h1-7,12-13H,8-11,14-15H2. The van der Waals surface area contributed by atoms with E-state index in [0.717, 1.165) is 49.2 Å². The Balaban J connectivity index is 1.41. The van der Waals surface area contributed by atoms with Crippen molar-refractivity contribution in [1.82, 2.24) is 4.90 Å². The molecule has 176 valence electrons. The molecule has 5 rings (SSSR count). The smallest absolute Gasteiger partial charge is 0.264 e. The third-order valence-electron chi connectivity index (χ3n) is 6.93. The number of likely N-dealkylation sites (tertiary alicyclic amines) is 1. The lowest BCUT2D eigenvalue weighted by molar-refractivity contribution is 0.0967. The van der Waals surface area contributed by atoms with E-state index in [1.54, 1.807) is 18.2 Å². The van der Waals surface area contributed by atoms with Crippen molar-refractivity contribution in [2.75, 3.05) is 24.5 Å². The van der Waals surface area contributed by atoms with Crippen LogP contribution < -0.4 is 4.90 Å². The van der Waals surface area contributed by atoms with E-state index in [4.69, 9.17) is 23.2 Å². The number of piperidine rings is 1. The number of anilines is 1. The van der Waals surface area contributed by atoms with Gasteiger partial charge in [-0.25, -0.2) is 13.2 Å². The molecule has 1 amide bonds. The molecule has 3 aromatic carbocycles. The fourth-order valence-corrected chi connectivity index (χ4v) is 5.52. The molecule has 0 N–H and O–H groups in total. The first kappa shape index (κ1) is 23.2. The molecule has 1 saturated heterocycles. The zero-order valence-corrected chi connectivity index (χ0v) is 19.6. The van der Waals surface area contributed by atoms with Crippen LogP contribution in [0, 0.1) is 17.5 Å². The van der Waals surface area contributed by atoms with Gasteiger partial charge in [0.2, 0.25) is 0 Å². The number of carbonyl (C=O) groups is 1. The molecule has 0 atom stereocenters. The highest BCUT2D eigenvalue weighted by Gasteiger charge is 2.47. The van der Waals surface area contributed by atoms with Crippen molar-refractivity contribution in [3.63, 3.8) is 0 Å². The lowest BCUT2D eigenvalue weighted by Gasteiger charge is -2.40. The summed E-state index contributed by atoms with van der Waals surface area (Å²) in [5.41, 5.74) is 1.47. The molecule has 3 aromatic rings. The lowest BCUT2D eigenvalue weighted by Crippen LogP contribution is -2.46. The highest BCUT2D eigenvalue weighted by molar-refractivity contribution is 6.31. The van der Waals surface area contributed by atoms with Gasteiger partial charge < -0.3 is 4.90 Å². The summed E-state index contributed by atoms with van der Waals surface area (Å²) < 4.78 is 42.2. The topological polar surface area (TPSA) is 23.6 Å². The summed E-state index contributed by atoms with van der Waals surface area (Å²) in [4.78, 5) is 17.0. The second-order valence-corrected chi connectivity index (χ2v) is 9.79. The van der Waals surface area contributed by atoms with Gasteiger partial charge in [0.05, 0.1) is 0 Å². The average Bonchev–Trinajstić information content (AvgIpc) is 3.10. The SMILES string of the molecule is O=C(c1c(F)cccc1F)N1CC2(CCN(Cc3ccc(F)cc3Cl)CC2)c2cc(Cl)ccc21. The van der Waals surface area contributed by atoms with Gasteiger partial charge in [-0.3, -0.25) is 9.69 Å². The number of nitrogens with zero attached hydrogens (tertiary/aromatic N) is 2. The Kier molecular flexibility index (Phi) is 6.09. The van der Waals surface area contributed by atoms with E-state index in [-0.39, 0.29) is 11.2 Å². The van der Waals surface area contributed by atoms with E-state index in [2.05, 4.69) is 4.90 Å². The van der Waals surface area contributed by atoms with Gasteiger partial charge in [-0.15, -0.1) is 0 Å². The predicted octanol–water partition coefficient (Wildman–Crippen LogP) is 6.60. The normalized spacial score (nSPS) is 17.3. The molecular formula is C26H21Cl2F3N2O. The average molecular weight is 505 g/mol. The molecule has 0 saturated carbocycles. The molecule has 3 nitrogen and oxygen atoms in total. The van der Waals surface area contributed by atoms with Crippen LogP contribution in [0.1, 0.15) is 34.3 Å². The zero-order valence-electron chi connectivity index (χ0n) is 18.1. The van der Waals surface area contributed by atoms with Crippen LogP contribution in [0.15, 0.2) is 54.6 Å². The van der Waals surface area contributed by atoms with Gasteiger partial charge in [0, 0.05) is 34.2 Å². The second-order valence-electron chi connectivity index (χ2n) is 8.94. The van der Waals surface area contributed by atoms with Crippen LogP contribution >= 0.6 is 23.2 Å². The molecule has 0 aliphatic carbocycles. The fourth-order valence-electron chi connectivity index (χ4n) is 5.12. The predicted molar refractivity (Wildman–Crippen MR) is 127 cm³/mol. The number of carbonyl (C=O) groups excluding carboxylic acids is 1. The number of halogens is 5. The molecule has 0 radical (unpaired) electrons. The summed E-state index contributed by atoms with van der Waals surface area (Å²) in [6, 6.07) is 13.1. The number of fused-ring (bicyclic) bond motifs is 2. The van der Waals surface area contributed by atoms with Gasteiger partial charge in [-0.2, -0.15) is 0 Å². The summed E-state index contributed by atoms with van der Waals surface area (Å²) in [6.07, 6.45) is 1.45. The van der Waals surface area contributed by atoms with Crippen molar-refractivity contribution >= 4 is 34.8 Å². The monoisotopic (exact) mass is 504 g/mol. The number of rotatable bonds is 3. The third kappa shape index (κ3) is 4.08. The highest BCUT2D eigenvalue weighted by atomic mass is 35.5. The van der Waals surface area contributed by atoms with Crippen molar-refractivity contribution in [3.05, 3.63) is 98.8 Å². The van der Waals surface area contributed by atoms with Crippen molar-refractivity contribution in [2.24, 2.45) is 0 Å². The Morgan fingerprint density at radius 2 is 1.65 bits per heavy atom. The van der Waals surface area contributed by atoms with Crippen molar-refractivity contribution < 1.29 is 18.0 Å². The van der Waals surface area contributed by atoms with Crippen molar-refractivity contribution in [3.8, 4) is 0 Å². The molecule has 1 spiro atoms. The Morgan fingerprint density at radius 1 is 0.941 bits per heavy atom. The van der Waals surface area contributed by atoms with Gasteiger partial charge in [0.25, 0.3) is 5.91 Å². The molecule has 0 bridgehead atoms. The first-order valence-corrected chi connectivity index (χ1v) is 11.8. The maximum atomic E-state index is 14.4. The van der Waals surface area contributed by atoms with Crippen LogP contribution in [0.5, 0.6) is 0 Å². The largest absolute Gasteiger partial charge is 0.307 e. The van der Waals surface area contributed by atoms with E-state index in [1.165, 1.54) is 23.1 Å². The molecule has 1 fully saturated rings. The number of hydrogen-bond acceptors (Lipinski definition) is 2. The summed E-state index contributed by atoms with van der Waals surface area (Å²) in [5, 5.41) is 0.937. The van der Waals surface area contributed by atoms with E-state index < -0.39 is 23.1 Å². The summed E-state index contributed by atoms with van der Waals surface area (Å²) >= 11 is 12.5. The Labute approximate surface area is 205 Å². The maximum Gasteiger partial charge on any atom is 0.264 e. The van der Waals surface area contributed by atoms with E-state index >= 15 is 0 Å². The van der Waals surface area contributed by atoms with E-state index in [9.17, 15) is 18.0 Å². The minimum atomic E-state index is -0.882. The molecule has 2 heterocycles. The van der Waals surface area contributed by atoms with Gasteiger partial charge >= 0.3 is 0 Å². The molecule has 0 unspecified atom stereocenters. The minimum Gasteiger partial charge on any atom is -0.307 e. The lowest BCUT2D eigenvalue weighted by atomic mass is 9.74. The number of benzene rings is 3. The molecular weight excluding hydrogens is 484 g/mol. The Hall–Kier alpha value is -2.54. The highest BCUT2D eigenvalue weighted by Crippen LogP contribution is 2.48. The van der Waals surface area contributed by atoms with Crippen LogP contribution in [0.2, 0.25) is 10.0 Å². The summed E-state index contributed by atoms with van der Waals surface area (Å²) in [5.74, 6) is -2.83. The number of hydrogen-bond donors (Lipinski definition) is 0. The third-order valence-corrected chi connectivity index (χ3v) is 7.51. The fraction of sp³-hybridized carbons (Fsp3) is 0.269. The van der Waals surface area contributed by atoms with Crippen LogP contribution in [0.3, 0.4) is 0 Å². The van der Waals surface area contributed by atoms with Gasteiger partial charge in [-0.05, 0) is 79.5 Å². The first-order chi connectivity index (χ1) is 16.3. The van der Waals surface area contributed by atoms with Gasteiger partial charge in [0.15, 0.2) is 0 Å². The first-order valence-electron chi connectivity index (χ1n) is 11.0.